The molecule has 0 bridgehead atoms. The Kier molecular flexibility index (Phi) is 7.50. The van der Waals surface area contributed by atoms with Crippen LogP contribution in [0.3, 0.4) is 0 Å². The Morgan fingerprint density at radius 2 is 2.00 bits per heavy atom. The van der Waals surface area contributed by atoms with E-state index in [1.54, 1.807) is 7.11 Å². The van der Waals surface area contributed by atoms with E-state index in [9.17, 15) is 4.79 Å². The van der Waals surface area contributed by atoms with E-state index in [1.807, 2.05) is 24.3 Å². The molecule has 0 aromatic heterocycles. The van der Waals surface area contributed by atoms with Crippen LogP contribution in [0, 0.1) is 5.92 Å². The second-order valence-corrected chi connectivity index (χ2v) is 8.32. The van der Waals surface area contributed by atoms with Crippen molar-refractivity contribution >= 4 is 17.7 Å². The van der Waals surface area contributed by atoms with E-state index in [0.717, 1.165) is 19.1 Å². The number of thioether (sulfide) groups is 1. The van der Waals surface area contributed by atoms with Crippen LogP contribution in [0.25, 0.3) is 0 Å². The van der Waals surface area contributed by atoms with Gasteiger partial charge in [-0.3, -0.25) is 9.69 Å². The van der Waals surface area contributed by atoms with Crippen molar-refractivity contribution in [3.63, 3.8) is 0 Å². The zero-order chi connectivity index (χ0) is 18.2. The monoisotopic (exact) mass is 378 g/mol. The number of amides is 1. The molecule has 1 N–H and O–H groups in total. The first kappa shape index (κ1) is 19.4. The van der Waals surface area contributed by atoms with Gasteiger partial charge in [-0.15, -0.1) is 0 Å². The molecule has 1 amide bonds. The maximum absolute atomic E-state index is 12.1. The molecule has 2 fully saturated rings. The number of hydrogen-bond acceptors (Lipinski definition) is 5. The predicted octanol–water partition coefficient (Wildman–Crippen LogP) is 2.80. The van der Waals surface area contributed by atoms with Crippen molar-refractivity contribution in [2.24, 2.45) is 5.92 Å². The summed E-state index contributed by atoms with van der Waals surface area (Å²) in [5.41, 5.74) is 0. The largest absolute Gasteiger partial charge is 0.493 e. The van der Waals surface area contributed by atoms with E-state index < -0.39 is 0 Å². The molecule has 2 saturated heterocycles. The van der Waals surface area contributed by atoms with Crippen LogP contribution in [0.15, 0.2) is 24.3 Å². The minimum absolute atomic E-state index is 0.0245. The smallest absolute Gasteiger partial charge is 0.257 e. The third-order valence-corrected chi connectivity index (χ3v) is 6.32. The van der Waals surface area contributed by atoms with Crippen LogP contribution >= 0.6 is 11.8 Å². The third-order valence-electron chi connectivity index (χ3n) is 5.27. The molecule has 1 aromatic carbocycles. The highest BCUT2D eigenvalue weighted by Gasteiger charge is 2.27. The fraction of sp³-hybridized carbons (Fsp3) is 0.650. The zero-order valence-corrected chi connectivity index (χ0v) is 16.4. The van der Waals surface area contributed by atoms with Crippen molar-refractivity contribution in [1.82, 2.24) is 10.2 Å². The van der Waals surface area contributed by atoms with Crippen LogP contribution in [0.4, 0.5) is 0 Å². The highest BCUT2D eigenvalue weighted by atomic mass is 32.2. The number of rotatable bonds is 7. The topological polar surface area (TPSA) is 50.8 Å². The minimum Gasteiger partial charge on any atom is -0.493 e. The van der Waals surface area contributed by atoms with Crippen LogP contribution in [0.1, 0.15) is 25.7 Å². The number of para-hydroxylation sites is 2. The number of carbonyl (C=O) groups is 1. The van der Waals surface area contributed by atoms with Gasteiger partial charge in [0.2, 0.25) is 0 Å². The Balaban J connectivity index is 1.39. The summed E-state index contributed by atoms with van der Waals surface area (Å²) in [6.45, 7) is 3.10. The molecular formula is C20H30N2O3S. The van der Waals surface area contributed by atoms with Gasteiger partial charge in [0, 0.05) is 19.1 Å². The average Bonchev–Trinajstić information content (AvgIpc) is 2.71. The van der Waals surface area contributed by atoms with Gasteiger partial charge in [0.05, 0.1) is 7.11 Å². The van der Waals surface area contributed by atoms with Crippen molar-refractivity contribution in [3.8, 4) is 11.5 Å². The predicted molar refractivity (Wildman–Crippen MR) is 106 cm³/mol. The van der Waals surface area contributed by atoms with Crippen molar-refractivity contribution in [1.29, 1.82) is 0 Å². The Bertz CT molecular complexity index is 578. The molecule has 2 heterocycles. The molecule has 1 atom stereocenters. The van der Waals surface area contributed by atoms with Crippen molar-refractivity contribution in [2.75, 3.05) is 44.9 Å². The second-order valence-electron chi connectivity index (χ2n) is 7.09. The molecule has 0 aliphatic carbocycles. The lowest BCUT2D eigenvalue weighted by molar-refractivity contribution is -0.123. The fourth-order valence-electron chi connectivity index (χ4n) is 3.84. The van der Waals surface area contributed by atoms with E-state index in [0.29, 0.717) is 17.4 Å². The Morgan fingerprint density at radius 1 is 1.23 bits per heavy atom. The first-order chi connectivity index (χ1) is 12.8. The lowest BCUT2D eigenvalue weighted by Gasteiger charge is -2.40. The molecule has 0 unspecified atom stereocenters. The normalized spacial score (nSPS) is 22.0. The number of hydrogen-bond donors (Lipinski definition) is 1. The fourth-order valence-corrected chi connectivity index (χ4v) is 4.92. The molecule has 144 valence electrons. The van der Waals surface area contributed by atoms with Crippen molar-refractivity contribution < 1.29 is 14.3 Å². The Hall–Kier alpha value is -1.40. The third kappa shape index (κ3) is 5.55. The standard InChI is InChI=1S/C20H30N2O3S/c1-24-18-6-2-3-7-19(18)25-15-20(23)21-13-16-5-4-10-22(14-16)17-8-11-26-12-9-17/h2-3,6-7,16-17H,4-5,8-15H2,1H3,(H,21,23)/t16-/m0/s1. The summed E-state index contributed by atoms with van der Waals surface area (Å²) in [5.74, 6) is 4.32. The number of ether oxygens (including phenoxy) is 2. The van der Waals surface area contributed by atoms with Crippen LogP contribution in [0.2, 0.25) is 0 Å². The van der Waals surface area contributed by atoms with E-state index in [2.05, 4.69) is 22.0 Å². The Labute approximate surface area is 160 Å². The van der Waals surface area contributed by atoms with Gasteiger partial charge in [-0.1, -0.05) is 12.1 Å². The molecule has 26 heavy (non-hydrogen) atoms. The van der Waals surface area contributed by atoms with Crippen LogP contribution in [-0.2, 0) is 4.79 Å². The van der Waals surface area contributed by atoms with Gasteiger partial charge < -0.3 is 14.8 Å². The molecular weight excluding hydrogens is 348 g/mol. The van der Waals surface area contributed by atoms with Gasteiger partial charge in [0.25, 0.3) is 5.91 Å². The molecule has 2 aliphatic heterocycles. The van der Waals surface area contributed by atoms with E-state index in [-0.39, 0.29) is 12.5 Å². The second kappa shape index (κ2) is 10.1. The minimum atomic E-state index is -0.0675. The first-order valence-electron chi connectivity index (χ1n) is 9.60. The average molecular weight is 379 g/mol. The summed E-state index contributed by atoms with van der Waals surface area (Å²) in [6, 6.07) is 8.15. The van der Waals surface area contributed by atoms with Crippen LogP contribution < -0.4 is 14.8 Å². The molecule has 6 heteroatoms. The summed E-state index contributed by atoms with van der Waals surface area (Å²) < 4.78 is 10.8. The van der Waals surface area contributed by atoms with Gasteiger partial charge in [0.1, 0.15) is 0 Å². The maximum atomic E-state index is 12.1. The summed E-state index contributed by atoms with van der Waals surface area (Å²) >= 11 is 2.08. The molecule has 0 spiro atoms. The van der Waals surface area contributed by atoms with E-state index in [1.165, 1.54) is 43.7 Å². The number of piperidine rings is 1. The summed E-state index contributed by atoms with van der Waals surface area (Å²) in [4.78, 5) is 14.8. The number of nitrogens with one attached hydrogen (secondary N) is 1. The summed E-state index contributed by atoms with van der Waals surface area (Å²) in [5, 5.41) is 3.05. The van der Waals surface area contributed by atoms with E-state index >= 15 is 0 Å². The highest BCUT2D eigenvalue weighted by molar-refractivity contribution is 7.99. The van der Waals surface area contributed by atoms with Gasteiger partial charge in [-0.25, -0.2) is 0 Å². The maximum Gasteiger partial charge on any atom is 0.257 e. The number of carbonyl (C=O) groups excluding carboxylic acids is 1. The highest BCUT2D eigenvalue weighted by Crippen LogP contribution is 2.27. The number of methoxy groups -OCH3 is 1. The summed E-state index contributed by atoms with van der Waals surface area (Å²) in [7, 11) is 1.60. The zero-order valence-electron chi connectivity index (χ0n) is 15.6. The lowest BCUT2D eigenvalue weighted by Crippen LogP contribution is -2.47. The number of likely N-dealkylation sites (tertiary alicyclic amines) is 1. The Morgan fingerprint density at radius 3 is 2.77 bits per heavy atom. The SMILES string of the molecule is COc1ccccc1OCC(=O)NC[C@@H]1CCCN(C2CCSCC2)C1. The van der Waals surface area contributed by atoms with Gasteiger partial charge in [0.15, 0.2) is 18.1 Å². The van der Waals surface area contributed by atoms with Gasteiger partial charge in [-0.05, 0) is 61.8 Å². The first-order valence-corrected chi connectivity index (χ1v) is 10.8. The van der Waals surface area contributed by atoms with E-state index in [4.69, 9.17) is 9.47 Å². The van der Waals surface area contributed by atoms with Crippen molar-refractivity contribution in [2.45, 2.75) is 31.7 Å². The molecule has 0 radical (unpaired) electrons. The van der Waals surface area contributed by atoms with Crippen molar-refractivity contribution in [3.05, 3.63) is 24.3 Å². The molecule has 2 aliphatic rings. The van der Waals surface area contributed by atoms with Crippen LogP contribution in [-0.4, -0.2) is 61.7 Å². The van der Waals surface area contributed by atoms with Gasteiger partial charge >= 0.3 is 0 Å². The molecule has 5 nitrogen and oxygen atoms in total. The molecule has 0 saturated carbocycles. The summed E-state index contributed by atoms with van der Waals surface area (Å²) in [6.07, 6.45) is 5.07. The lowest BCUT2D eigenvalue weighted by atomic mass is 9.95. The number of nitrogens with zero attached hydrogens (tertiary/aromatic N) is 1. The quantitative estimate of drug-likeness (QED) is 0.791. The van der Waals surface area contributed by atoms with Crippen LogP contribution in [0.5, 0.6) is 11.5 Å². The number of benzene rings is 1. The molecule has 1 aromatic rings. The molecule has 3 rings (SSSR count). The van der Waals surface area contributed by atoms with Gasteiger partial charge in [-0.2, -0.15) is 11.8 Å².